The first-order valence-corrected chi connectivity index (χ1v) is 7.68. The second-order valence-corrected chi connectivity index (χ2v) is 5.55. The van der Waals surface area contributed by atoms with Crippen LogP contribution < -0.4 is 10.2 Å². The van der Waals surface area contributed by atoms with Gasteiger partial charge in [-0.2, -0.15) is 5.10 Å². The Morgan fingerprint density at radius 1 is 1.33 bits per heavy atom. The van der Waals surface area contributed by atoms with Crippen molar-refractivity contribution in [2.45, 2.75) is 39.5 Å². The van der Waals surface area contributed by atoms with Gasteiger partial charge in [0.1, 0.15) is 5.75 Å². The Balaban J connectivity index is 2.35. The van der Waals surface area contributed by atoms with Crippen LogP contribution in [-0.2, 0) is 4.79 Å². The molecule has 1 rings (SSSR count). The number of carbonyl (C=O) groups is 1. The predicted molar refractivity (Wildman–Crippen MR) is 87.4 cm³/mol. The van der Waals surface area contributed by atoms with Crippen LogP contribution in [0.15, 0.2) is 23.3 Å². The Labute approximate surface area is 135 Å². The molecule has 0 aliphatic rings. The maximum atomic E-state index is 11.6. The second-order valence-electron chi connectivity index (χ2n) is 4.70. The molecule has 1 aromatic rings. The number of hydrogen-bond donors (Lipinski definition) is 1. The van der Waals surface area contributed by atoms with Gasteiger partial charge < -0.3 is 4.74 Å². The lowest BCUT2D eigenvalue weighted by molar-refractivity contribution is -0.123. The van der Waals surface area contributed by atoms with E-state index in [2.05, 4.69) is 17.5 Å². The van der Waals surface area contributed by atoms with Crippen LogP contribution in [0.25, 0.3) is 0 Å². The van der Waals surface area contributed by atoms with Gasteiger partial charge >= 0.3 is 0 Å². The lowest BCUT2D eigenvalue weighted by Gasteiger charge is -2.07. The third-order valence-electron chi connectivity index (χ3n) is 2.77. The Hall–Kier alpha value is -1.26. The molecule has 0 aliphatic heterocycles. The van der Waals surface area contributed by atoms with Gasteiger partial charge in [0, 0.05) is 10.7 Å². The van der Waals surface area contributed by atoms with Gasteiger partial charge in [0.05, 0.1) is 5.02 Å². The molecular weight excluding hydrogens is 311 g/mol. The van der Waals surface area contributed by atoms with Gasteiger partial charge in [-0.25, -0.2) is 5.43 Å². The number of hydrazone groups is 1. The fourth-order valence-corrected chi connectivity index (χ4v) is 2.08. The molecule has 0 aromatic heterocycles. The zero-order valence-electron chi connectivity index (χ0n) is 12.3. The van der Waals surface area contributed by atoms with Gasteiger partial charge in [0.15, 0.2) is 6.61 Å². The molecule has 0 bridgehead atoms. The van der Waals surface area contributed by atoms with E-state index in [1.807, 2.05) is 6.92 Å². The van der Waals surface area contributed by atoms with Crippen LogP contribution in [0.2, 0.25) is 10.0 Å². The number of hydrogen-bond acceptors (Lipinski definition) is 3. The average molecular weight is 331 g/mol. The fourth-order valence-electron chi connectivity index (χ4n) is 1.61. The van der Waals surface area contributed by atoms with Crippen LogP contribution in [0, 0.1) is 0 Å². The second kappa shape index (κ2) is 9.64. The lowest BCUT2D eigenvalue weighted by atomic mass is 10.1. The summed E-state index contributed by atoms with van der Waals surface area (Å²) in [4.78, 5) is 11.6. The summed E-state index contributed by atoms with van der Waals surface area (Å²) in [6.07, 6.45) is 4.30. The van der Waals surface area contributed by atoms with Crippen molar-refractivity contribution in [3.63, 3.8) is 0 Å². The summed E-state index contributed by atoms with van der Waals surface area (Å²) in [6, 6.07) is 4.83. The normalized spacial score (nSPS) is 11.3. The number of amides is 1. The van der Waals surface area contributed by atoms with Crippen molar-refractivity contribution in [3.05, 3.63) is 28.2 Å². The number of ether oxygens (including phenoxy) is 1. The SMILES string of the molecule is CCCCC/C(C)=N/NC(=O)COc1ccc(Cl)cc1Cl. The van der Waals surface area contributed by atoms with E-state index in [0.29, 0.717) is 15.8 Å². The number of rotatable bonds is 8. The number of nitrogens with one attached hydrogen (secondary N) is 1. The molecule has 6 heteroatoms. The predicted octanol–water partition coefficient (Wildman–Crippen LogP) is 4.44. The highest BCUT2D eigenvalue weighted by molar-refractivity contribution is 6.35. The smallest absolute Gasteiger partial charge is 0.277 e. The molecule has 0 fully saturated rings. The average Bonchev–Trinajstić information content (AvgIpc) is 2.44. The van der Waals surface area contributed by atoms with Crippen molar-refractivity contribution >= 4 is 34.8 Å². The molecule has 0 aliphatic carbocycles. The summed E-state index contributed by atoms with van der Waals surface area (Å²) in [5.41, 5.74) is 3.37. The van der Waals surface area contributed by atoms with Gasteiger partial charge in [0.25, 0.3) is 5.91 Å². The highest BCUT2D eigenvalue weighted by Crippen LogP contribution is 2.27. The minimum atomic E-state index is -0.323. The molecule has 1 aromatic carbocycles. The van der Waals surface area contributed by atoms with E-state index >= 15 is 0 Å². The fraction of sp³-hybridized carbons (Fsp3) is 0.467. The quantitative estimate of drug-likeness (QED) is 0.435. The summed E-state index contributed by atoms with van der Waals surface area (Å²) < 4.78 is 5.31. The van der Waals surface area contributed by atoms with E-state index in [9.17, 15) is 4.79 Å². The van der Waals surface area contributed by atoms with Crippen molar-refractivity contribution in [3.8, 4) is 5.75 Å². The minimum absolute atomic E-state index is 0.146. The van der Waals surface area contributed by atoms with Gasteiger partial charge in [-0.1, -0.05) is 43.0 Å². The molecule has 116 valence electrons. The van der Waals surface area contributed by atoms with Crippen LogP contribution in [0.3, 0.4) is 0 Å². The van der Waals surface area contributed by atoms with Crippen LogP contribution in [0.5, 0.6) is 5.75 Å². The van der Waals surface area contributed by atoms with E-state index in [1.54, 1.807) is 18.2 Å². The topological polar surface area (TPSA) is 50.7 Å². The molecule has 1 amide bonds. The summed E-state index contributed by atoms with van der Waals surface area (Å²) in [5.74, 6) is 0.0933. The number of benzene rings is 1. The van der Waals surface area contributed by atoms with Crippen molar-refractivity contribution < 1.29 is 9.53 Å². The Kier molecular flexibility index (Phi) is 8.16. The maximum Gasteiger partial charge on any atom is 0.277 e. The molecule has 0 atom stereocenters. The van der Waals surface area contributed by atoms with Crippen molar-refractivity contribution in [2.75, 3.05) is 6.61 Å². The highest BCUT2D eigenvalue weighted by atomic mass is 35.5. The van der Waals surface area contributed by atoms with Crippen molar-refractivity contribution in [1.29, 1.82) is 0 Å². The highest BCUT2D eigenvalue weighted by Gasteiger charge is 2.06. The molecule has 0 saturated carbocycles. The molecular formula is C15H20Cl2N2O2. The van der Waals surface area contributed by atoms with Gasteiger partial charge in [0.2, 0.25) is 0 Å². The standard InChI is InChI=1S/C15H20Cl2N2O2/c1-3-4-5-6-11(2)18-19-15(20)10-21-14-8-7-12(16)9-13(14)17/h7-9H,3-6,10H2,1-2H3,(H,19,20)/b18-11+. The molecule has 0 heterocycles. The third-order valence-corrected chi connectivity index (χ3v) is 3.30. The van der Waals surface area contributed by atoms with E-state index in [1.165, 1.54) is 6.42 Å². The maximum absolute atomic E-state index is 11.6. The minimum Gasteiger partial charge on any atom is -0.482 e. The summed E-state index contributed by atoms with van der Waals surface area (Å²) in [6.45, 7) is 3.90. The third kappa shape index (κ3) is 7.34. The first kappa shape index (κ1) is 17.8. The molecule has 0 unspecified atom stereocenters. The van der Waals surface area contributed by atoms with Crippen molar-refractivity contribution in [2.24, 2.45) is 5.10 Å². The van der Waals surface area contributed by atoms with Crippen LogP contribution >= 0.6 is 23.2 Å². The molecule has 0 radical (unpaired) electrons. The molecule has 4 nitrogen and oxygen atoms in total. The van der Waals surface area contributed by atoms with Crippen LogP contribution in [-0.4, -0.2) is 18.2 Å². The summed E-state index contributed by atoms with van der Waals surface area (Å²) >= 11 is 11.7. The zero-order valence-corrected chi connectivity index (χ0v) is 13.8. The van der Waals surface area contributed by atoms with Gasteiger partial charge in [-0.05, 0) is 38.0 Å². The first-order valence-electron chi connectivity index (χ1n) is 6.92. The number of nitrogens with zero attached hydrogens (tertiary/aromatic N) is 1. The Bertz CT molecular complexity index is 504. The first-order chi connectivity index (χ1) is 10.0. The van der Waals surface area contributed by atoms with Gasteiger partial charge in [-0.3, -0.25) is 4.79 Å². The summed E-state index contributed by atoms with van der Waals surface area (Å²) in [7, 11) is 0. The molecule has 21 heavy (non-hydrogen) atoms. The van der Waals surface area contributed by atoms with E-state index in [0.717, 1.165) is 25.0 Å². The van der Waals surface area contributed by atoms with Crippen molar-refractivity contribution in [1.82, 2.24) is 5.43 Å². The van der Waals surface area contributed by atoms with Crippen LogP contribution in [0.4, 0.5) is 0 Å². The number of unbranched alkanes of at least 4 members (excludes halogenated alkanes) is 2. The Morgan fingerprint density at radius 3 is 2.76 bits per heavy atom. The van der Waals surface area contributed by atoms with E-state index in [4.69, 9.17) is 27.9 Å². The summed E-state index contributed by atoms with van der Waals surface area (Å²) in [5, 5.41) is 4.92. The molecule has 0 spiro atoms. The van der Waals surface area contributed by atoms with E-state index < -0.39 is 0 Å². The Morgan fingerprint density at radius 2 is 2.10 bits per heavy atom. The number of halogens is 2. The largest absolute Gasteiger partial charge is 0.482 e. The number of carbonyl (C=O) groups excluding carboxylic acids is 1. The van der Waals surface area contributed by atoms with Crippen LogP contribution in [0.1, 0.15) is 39.5 Å². The monoisotopic (exact) mass is 330 g/mol. The molecule has 1 N–H and O–H groups in total. The van der Waals surface area contributed by atoms with Gasteiger partial charge in [-0.15, -0.1) is 0 Å². The zero-order chi connectivity index (χ0) is 15.7. The lowest BCUT2D eigenvalue weighted by Crippen LogP contribution is -2.25. The molecule has 0 saturated heterocycles. The van der Waals surface area contributed by atoms with E-state index in [-0.39, 0.29) is 12.5 Å².